The predicted molar refractivity (Wildman–Crippen MR) is 97.8 cm³/mol. The lowest BCUT2D eigenvalue weighted by Gasteiger charge is -2.22. The molecule has 1 aromatic heterocycles. The van der Waals surface area contributed by atoms with Gasteiger partial charge in [0.15, 0.2) is 11.4 Å². The first-order valence-corrected chi connectivity index (χ1v) is 8.72. The first-order valence-electron chi connectivity index (χ1n) is 8.72. The molecule has 2 aliphatic rings. The topological polar surface area (TPSA) is 84.0 Å². The Morgan fingerprint density at radius 1 is 1.26 bits per heavy atom. The minimum Gasteiger partial charge on any atom is -0.454 e. The van der Waals surface area contributed by atoms with Crippen LogP contribution in [0.2, 0.25) is 0 Å². The summed E-state index contributed by atoms with van der Waals surface area (Å²) in [6.45, 7) is 1.40. The van der Waals surface area contributed by atoms with E-state index in [9.17, 15) is 9.59 Å². The molecule has 2 saturated heterocycles. The van der Waals surface area contributed by atoms with Gasteiger partial charge in [0, 0.05) is 26.2 Å². The number of amides is 3. The van der Waals surface area contributed by atoms with Crippen molar-refractivity contribution < 1.29 is 19.1 Å². The summed E-state index contributed by atoms with van der Waals surface area (Å²) >= 11 is 0. The molecule has 0 aliphatic carbocycles. The molecule has 1 unspecified atom stereocenters. The normalized spacial score (nSPS) is 21.4. The molecule has 8 heteroatoms. The lowest BCUT2D eigenvalue weighted by Crippen LogP contribution is -2.40. The zero-order valence-corrected chi connectivity index (χ0v) is 14.9. The van der Waals surface area contributed by atoms with Crippen LogP contribution in [-0.4, -0.2) is 59.2 Å². The Morgan fingerprint density at radius 2 is 2.11 bits per heavy atom. The van der Waals surface area contributed by atoms with Gasteiger partial charge >= 0.3 is 12.1 Å². The summed E-state index contributed by atoms with van der Waals surface area (Å²) < 4.78 is 11.3. The third-order valence-electron chi connectivity index (χ3n) is 4.74. The molecule has 27 heavy (non-hydrogen) atoms. The van der Waals surface area contributed by atoms with E-state index in [0.29, 0.717) is 43.2 Å². The van der Waals surface area contributed by atoms with Crippen molar-refractivity contribution >= 4 is 17.8 Å². The number of nitrogens with zero attached hydrogens (tertiary/aromatic N) is 3. The maximum Gasteiger partial charge on any atom is 0.410 e. The molecule has 1 atom stereocenters. The average molecular weight is 368 g/mol. The van der Waals surface area contributed by atoms with Gasteiger partial charge in [-0.25, -0.2) is 9.59 Å². The van der Waals surface area contributed by atoms with Crippen LogP contribution >= 0.6 is 0 Å². The van der Waals surface area contributed by atoms with E-state index in [-0.39, 0.29) is 12.1 Å². The van der Waals surface area contributed by atoms with Crippen molar-refractivity contribution in [3.8, 4) is 11.5 Å². The van der Waals surface area contributed by atoms with E-state index in [2.05, 4.69) is 10.3 Å². The molecule has 1 N–H and O–H groups in total. The highest BCUT2D eigenvalue weighted by atomic mass is 16.6. The van der Waals surface area contributed by atoms with E-state index in [4.69, 9.17) is 9.47 Å². The highest BCUT2D eigenvalue weighted by Gasteiger charge is 2.49. The van der Waals surface area contributed by atoms with Crippen molar-refractivity contribution in [1.29, 1.82) is 0 Å². The first-order chi connectivity index (χ1) is 13.0. The number of nitrogens with one attached hydrogen (secondary N) is 1. The van der Waals surface area contributed by atoms with Crippen molar-refractivity contribution in [2.45, 2.75) is 12.0 Å². The van der Waals surface area contributed by atoms with Crippen LogP contribution in [0.3, 0.4) is 0 Å². The number of para-hydroxylation sites is 2. The van der Waals surface area contributed by atoms with Crippen LogP contribution in [0.5, 0.6) is 11.5 Å². The lowest BCUT2D eigenvalue weighted by atomic mass is 10.0. The number of benzene rings is 1. The van der Waals surface area contributed by atoms with E-state index in [1.54, 1.807) is 53.5 Å². The lowest BCUT2D eigenvalue weighted by molar-refractivity contribution is 0.0663. The highest BCUT2D eigenvalue weighted by molar-refractivity contribution is 5.91. The van der Waals surface area contributed by atoms with E-state index in [1.165, 1.54) is 0 Å². The fourth-order valence-corrected chi connectivity index (χ4v) is 3.41. The molecule has 1 spiro atoms. The summed E-state index contributed by atoms with van der Waals surface area (Å²) in [5.74, 6) is 1.11. The van der Waals surface area contributed by atoms with Crippen LogP contribution < -0.4 is 10.1 Å². The molecule has 2 aromatic rings. The molecule has 3 amide bonds. The number of urea groups is 1. The molecule has 2 aliphatic heterocycles. The predicted octanol–water partition coefficient (Wildman–Crippen LogP) is 2.93. The van der Waals surface area contributed by atoms with Crippen molar-refractivity contribution in [2.24, 2.45) is 0 Å². The van der Waals surface area contributed by atoms with Crippen LogP contribution in [0.1, 0.15) is 6.42 Å². The van der Waals surface area contributed by atoms with Crippen molar-refractivity contribution in [2.75, 3.05) is 32.0 Å². The van der Waals surface area contributed by atoms with Gasteiger partial charge < -0.3 is 24.6 Å². The SMILES string of the molecule is CN1CC2(CCN(C(=O)Nc3ccccc3Oc3cccnc3)C2)OC1=O. The van der Waals surface area contributed by atoms with E-state index in [0.717, 1.165) is 0 Å². The number of hydrogen-bond donors (Lipinski definition) is 1. The van der Waals surface area contributed by atoms with Gasteiger partial charge in [-0.1, -0.05) is 12.1 Å². The minimum absolute atomic E-state index is 0.250. The summed E-state index contributed by atoms with van der Waals surface area (Å²) in [7, 11) is 1.70. The molecule has 4 rings (SSSR count). The van der Waals surface area contributed by atoms with Gasteiger partial charge in [0.1, 0.15) is 5.75 Å². The molecule has 140 valence electrons. The molecular formula is C19H20N4O4. The van der Waals surface area contributed by atoms with Gasteiger partial charge in [-0.15, -0.1) is 0 Å². The van der Waals surface area contributed by atoms with Crippen LogP contribution in [0, 0.1) is 0 Å². The smallest absolute Gasteiger partial charge is 0.410 e. The van der Waals surface area contributed by atoms with Crippen LogP contribution in [-0.2, 0) is 4.74 Å². The summed E-state index contributed by atoms with van der Waals surface area (Å²) in [4.78, 5) is 31.6. The Morgan fingerprint density at radius 3 is 2.85 bits per heavy atom. The Labute approximate surface area is 156 Å². The number of carbonyl (C=O) groups is 2. The second-order valence-corrected chi connectivity index (χ2v) is 6.80. The zero-order chi connectivity index (χ0) is 18.9. The van der Waals surface area contributed by atoms with Gasteiger partial charge in [-0.2, -0.15) is 0 Å². The first kappa shape index (κ1) is 17.1. The molecule has 0 bridgehead atoms. The van der Waals surface area contributed by atoms with E-state index >= 15 is 0 Å². The molecule has 3 heterocycles. The maximum absolute atomic E-state index is 12.7. The minimum atomic E-state index is -0.602. The van der Waals surface area contributed by atoms with Crippen LogP contribution in [0.4, 0.5) is 15.3 Å². The number of likely N-dealkylation sites (N-methyl/N-ethyl adjacent to an activating group) is 1. The monoisotopic (exact) mass is 368 g/mol. The molecule has 1 aromatic carbocycles. The quantitative estimate of drug-likeness (QED) is 0.900. The van der Waals surface area contributed by atoms with Gasteiger partial charge in [0.05, 0.1) is 25.0 Å². The van der Waals surface area contributed by atoms with Crippen LogP contribution in [0.25, 0.3) is 0 Å². The molecule has 0 radical (unpaired) electrons. The standard InChI is InChI=1S/C19H20N4O4/c1-22-12-19(27-18(22)25)8-10-23(13-19)17(24)21-15-6-2-3-7-16(15)26-14-5-4-9-20-11-14/h2-7,9,11H,8,10,12-13H2,1H3,(H,21,24). The largest absolute Gasteiger partial charge is 0.454 e. The fraction of sp³-hybridized carbons (Fsp3) is 0.316. The number of rotatable bonds is 3. The molecule has 0 saturated carbocycles. The third-order valence-corrected chi connectivity index (χ3v) is 4.74. The van der Waals surface area contributed by atoms with Crippen LogP contribution in [0.15, 0.2) is 48.8 Å². The van der Waals surface area contributed by atoms with Crippen molar-refractivity contribution in [3.05, 3.63) is 48.8 Å². The zero-order valence-electron chi connectivity index (χ0n) is 14.9. The molecule has 8 nitrogen and oxygen atoms in total. The Kier molecular flexibility index (Phi) is 4.31. The summed E-state index contributed by atoms with van der Waals surface area (Å²) in [6.07, 6.45) is 3.56. The number of anilines is 1. The Hall–Kier alpha value is -3.29. The van der Waals surface area contributed by atoms with Gasteiger partial charge in [-0.3, -0.25) is 4.98 Å². The third kappa shape index (κ3) is 3.51. The Balaban J connectivity index is 1.44. The number of likely N-dealkylation sites (tertiary alicyclic amines) is 1. The highest BCUT2D eigenvalue weighted by Crippen LogP contribution is 2.33. The van der Waals surface area contributed by atoms with E-state index in [1.807, 2.05) is 12.1 Å². The second-order valence-electron chi connectivity index (χ2n) is 6.80. The van der Waals surface area contributed by atoms with Gasteiger partial charge in [0.25, 0.3) is 0 Å². The van der Waals surface area contributed by atoms with Gasteiger partial charge in [-0.05, 0) is 24.3 Å². The Bertz CT molecular complexity index is 860. The van der Waals surface area contributed by atoms with Crippen molar-refractivity contribution in [3.63, 3.8) is 0 Å². The van der Waals surface area contributed by atoms with E-state index < -0.39 is 5.60 Å². The molecule has 2 fully saturated rings. The van der Waals surface area contributed by atoms with Gasteiger partial charge in [0.2, 0.25) is 0 Å². The number of hydrogen-bond acceptors (Lipinski definition) is 5. The second kappa shape index (κ2) is 6.79. The molecular weight excluding hydrogens is 348 g/mol. The fourth-order valence-electron chi connectivity index (χ4n) is 3.41. The number of aromatic nitrogens is 1. The van der Waals surface area contributed by atoms with Crippen molar-refractivity contribution in [1.82, 2.24) is 14.8 Å². The summed E-state index contributed by atoms with van der Waals surface area (Å²) in [5.41, 5.74) is -0.0395. The maximum atomic E-state index is 12.7. The summed E-state index contributed by atoms with van der Waals surface area (Å²) in [5, 5.41) is 2.89. The number of ether oxygens (including phenoxy) is 2. The summed E-state index contributed by atoms with van der Waals surface area (Å²) in [6, 6.07) is 10.5. The number of pyridine rings is 1. The average Bonchev–Trinajstić information content (AvgIpc) is 3.20. The number of carbonyl (C=O) groups excluding carboxylic acids is 2.